The Labute approximate surface area is 138 Å². The van der Waals surface area contributed by atoms with Gasteiger partial charge in [0.15, 0.2) is 5.11 Å². The van der Waals surface area contributed by atoms with Crippen LogP contribution in [-0.2, 0) is 0 Å². The summed E-state index contributed by atoms with van der Waals surface area (Å²) >= 11 is 10.1. The largest absolute Gasteiger partial charge is 0.375 e. The molecule has 0 fully saturated rings. The number of thiocarbonyl (C=S) groups is 2. The molecule has 2 rings (SSSR count). The Morgan fingerprint density at radius 1 is 1.00 bits per heavy atom. The molecule has 0 heterocycles. The lowest BCUT2D eigenvalue weighted by molar-refractivity contribution is 0.628. The van der Waals surface area contributed by atoms with Gasteiger partial charge < -0.3 is 11.1 Å². The quantitative estimate of drug-likeness (QED) is 0.456. The molecule has 0 aliphatic heterocycles. The lowest BCUT2D eigenvalue weighted by Crippen LogP contribution is -2.29. The Morgan fingerprint density at radius 2 is 1.64 bits per heavy atom. The molecule has 112 valence electrons. The van der Waals surface area contributed by atoms with Crippen molar-refractivity contribution in [3.8, 4) is 0 Å². The van der Waals surface area contributed by atoms with Gasteiger partial charge in [-0.1, -0.05) is 42.5 Å². The zero-order valence-electron chi connectivity index (χ0n) is 11.4. The minimum Gasteiger partial charge on any atom is -0.375 e. The molecule has 22 heavy (non-hydrogen) atoms. The maximum absolute atomic E-state index is 12.9. The molecule has 0 aliphatic carbocycles. The first kappa shape index (κ1) is 16.0. The Bertz CT molecular complexity index is 699. The van der Waals surface area contributed by atoms with Crippen molar-refractivity contribution in [1.29, 1.82) is 0 Å². The number of hydrogen-bond acceptors (Lipinski definition) is 3. The highest BCUT2D eigenvalue weighted by Crippen LogP contribution is 2.11. The smallest absolute Gasteiger partial charge is 0.184 e. The monoisotopic (exact) mass is 332 g/mol. The topological polar surface area (TPSA) is 62.4 Å². The summed E-state index contributed by atoms with van der Waals surface area (Å²) in [5.41, 5.74) is 9.86. The number of nitrogens with two attached hydrogens (primary N) is 1. The van der Waals surface area contributed by atoms with E-state index < -0.39 is 0 Å². The fourth-order valence-corrected chi connectivity index (χ4v) is 2.00. The van der Waals surface area contributed by atoms with Gasteiger partial charge in [0.25, 0.3) is 0 Å². The number of nitrogens with zero attached hydrogens (tertiary/aromatic N) is 1. The molecule has 0 spiro atoms. The zero-order chi connectivity index (χ0) is 15.9. The van der Waals surface area contributed by atoms with Crippen LogP contribution in [0.15, 0.2) is 59.7 Å². The summed E-state index contributed by atoms with van der Waals surface area (Å²) in [7, 11) is 0. The molecule has 0 aliphatic rings. The summed E-state index contributed by atoms with van der Waals surface area (Å²) in [5, 5.41) is 7.17. The van der Waals surface area contributed by atoms with E-state index in [2.05, 4.69) is 15.8 Å². The third kappa shape index (κ3) is 4.57. The normalized spacial score (nSPS) is 10.9. The highest BCUT2D eigenvalue weighted by atomic mass is 32.1. The summed E-state index contributed by atoms with van der Waals surface area (Å²) in [6.45, 7) is 0. The molecule has 0 unspecified atom stereocenters. The standard InChI is InChI=1S/C15H13FN4S2/c16-11-6-8-12(9-7-11)18-14(21)13(19-20-15(17)22)10-4-2-1-3-5-10/h1-9H,(H,18,21)(H3,17,20,22)/b19-13-. The Morgan fingerprint density at radius 3 is 2.23 bits per heavy atom. The molecule has 0 saturated carbocycles. The van der Waals surface area contributed by atoms with Crippen LogP contribution < -0.4 is 16.5 Å². The second-order valence-electron chi connectivity index (χ2n) is 4.26. The van der Waals surface area contributed by atoms with Gasteiger partial charge in [0, 0.05) is 11.3 Å². The first-order valence-electron chi connectivity index (χ1n) is 6.32. The predicted octanol–water partition coefficient (Wildman–Crippen LogP) is 2.80. The highest BCUT2D eigenvalue weighted by molar-refractivity contribution is 7.82. The van der Waals surface area contributed by atoms with E-state index in [9.17, 15) is 4.39 Å². The Hall–Kier alpha value is -2.38. The summed E-state index contributed by atoms with van der Waals surface area (Å²) in [4.78, 5) is 0.363. The van der Waals surface area contributed by atoms with Crippen LogP contribution in [0.2, 0.25) is 0 Å². The number of hydrazone groups is 1. The summed E-state index contributed by atoms with van der Waals surface area (Å²) in [6, 6.07) is 15.2. The average molecular weight is 332 g/mol. The average Bonchev–Trinajstić information content (AvgIpc) is 2.50. The molecule has 0 atom stereocenters. The van der Waals surface area contributed by atoms with Gasteiger partial charge in [-0.05, 0) is 36.5 Å². The molecule has 0 saturated heterocycles. The van der Waals surface area contributed by atoms with Gasteiger partial charge in [0.2, 0.25) is 0 Å². The number of benzene rings is 2. The third-order valence-corrected chi connectivity index (χ3v) is 3.03. The SMILES string of the molecule is NC(=S)N/N=C(\C(=S)Nc1ccc(F)cc1)c1ccccc1. The molecular formula is C15H13FN4S2. The van der Waals surface area contributed by atoms with Gasteiger partial charge >= 0.3 is 0 Å². The molecule has 2 aromatic carbocycles. The highest BCUT2D eigenvalue weighted by Gasteiger charge is 2.11. The van der Waals surface area contributed by atoms with Gasteiger partial charge in [0.1, 0.15) is 16.5 Å². The summed E-state index contributed by atoms with van der Waals surface area (Å²) in [5.74, 6) is -0.316. The van der Waals surface area contributed by atoms with Crippen LogP contribution in [0.5, 0.6) is 0 Å². The molecule has 2 aromatic rings. The molecule has 0 bridgehead atoms. The second kappa shape index (κ2) is 7.58. The van der Waals surface area contributed by atoms with Crippen LogP contribution in [0.1, 0.15) is 5.56 Å². The number of rotatable bonds is 4. The van der Waals surface area contributed by atoms with E-state index in [1.807, 2.05) is 30.3 Å². The number of halogens is 1. The third-order valence-electron chi connectivity index (χ3n) is 2.64. The van der Waals surface area contributed by atoms with Crippen LogP contribution >= 0.6 is 24.4 Å². The predicted molar refractivity (Wildman–Crippen MR) is 95.5 cm³/mol. The molecule has 0 radical (unpaired) electrons. The second-order valence-corrected chi connectivity index (χ2v) is 5.11. The Kier molecular flexibility index (Phi) is 5.51. The molecular weight excluding hydrogens is 319 g/mol. The maximum Gasteiger partial charge on any atom is 0.184 e. The van der Waals surface area contributed by atoms with Crippen LogP contribution in [0.25, 0.3) is 0 Å². The van der Waals surface area contributed by atoms with Crippen molar-refractivity contribution in [2.45, 2.75) is 0 Å². The summed E-state index contributed by atoms with van der Waals surface area (Å²) in [6.07, 6.45) is 0. The van der Waals surface area contributed by atoms with Crippen LogP contribution in [-0.4, -0.2) is 15.8 Å². The van der Waals surface area contributed by atoms with E-state index >= 15 is 0 Å². The molecule has 4 nitrogen and oxygen atoms in total. The molecule has 4 N–H and O–H groups in total. The maximum atomic E-state index is 12.9. The zero-order valence-corrected chi connectivity index (χ0v) is 13.0. The first-order valence-corrected chi connectivity index (χ1v) is 7.13. The van der Waals surface area contributed by atoms with Crippen LogP contribution in [0.4, 0.5) is 10.1 Å². The lowest BCUT2D eigenvalue weighted by Gasteiger charge is -2.11. The van der Waals surface area contributed by atoms with Gasteiger partial charge in [-0.15, -0.1) is 0 Å². The molecule has 0 amide bonds. The van der Waals surface area contributed by atoms with Gasteiger partial charge in [0.05, 0.1) is 0 Å². The fraction of sp³-hybridized carbons (Fsp3) is 0. The Balaban J connectivity index is 2.24. The van der Waals surface area contributed by atoms with E-state index in [1.54, 1.807) is 12.1 Å². The number of nitrogens with one attached hydrogen (secondary N) is 2. The van der Waals surface area contributed by atoms with Crippen molar-refractivity contribution in [2.24, 2.45) is 10.8 Å². The molecule has 0 aromatic heterocycles. The van der Waals surface area contributed by atoms with Gasteiger partial charge in [-0.2, -0.15) is 5.10 Å². The van der Waals surface area contributed by atoms with Crippen LogP contribution in [0.3, 0.4) is 0 Å². The number of hydrogen-bond donors (Lipinski definition) is 3. The first-order chi connectivity index (χ1) is 10.6. The minimum atomic E-state index is -0.316. The van der Waals surface area contributed by atoms with E-state index in [4.69, 9.17) is 30.2 Å². The van der Waals surface area contributed by atoms with Crippen molar-refractivity contribution in [3.63, 3.8) is 0 Å². The molecule has 7 heteroatoms. The summed E-state index contributed by atoms with van der Waals surface area (Å²) < 4.78 is 12.9. The van der Waals surface area contributed by atoms with Crippen molar-refractivity contribution < 1.29 is 4.39 Å². The van der Waals surface area contributed by atoms with Gasteiger partial charge in [-0.3, -0.25) is 5.43 Å². The van der Waals surface area contributed by atoms with E-state index in [1.165, 1.54) is 12.1 Å². The number of anilines is 1. The van der Waals surface area contributed by atoms with E-state index in [0.29, 0.717) is 16.4 Å². The van der Waals surface area contributed by atoms with Gasteiger partial charge in [-0.25, -0.2) is 4.39 Å². The van der Waals surface area contributed by atoms with E-state index in [0.717, 1.165) is 5.56 Å². The lowest BCUT2D eigenvalue weighted by atomic mass is 10.1. The fourth-order valence-electron chi connectivity index (χ4n) is 1.68. The van der Waals surface area contributed by atoms with Crippen molar-refractivity contribution in [3.05, 3.63) is 66.0 Å². The van der Waals surface area contributed by atoms with Crippen molar-refractivity contribution in [1.82, 2.24) is 5.43 Å². The van der Waals surface area contributed by atoms with Crippen LogP contribution in [0, 0.1) is 5.82 Å². The van der Waals surface area contributed by atoms with Crippen molar-refractivity contribution in [2.75, 3.05) is 5.32 Å². The van der Waals surface area contributed by atoms with Crippen molar-refractivity contribution >= 4 is 45.9 Å². The van der Waals surface area contributed by atoms with E-state index in [-0.39, 0.29) is 10.9 Å². The minimum absolute atomic E-state index is 0.0398.